The molecule has 0 saturated heterocycles. The summed E-state index contributed by atoms with van der Waals surface area (Å²) in [5.41, 5.74) is 7.32. The van der Waals surface area contributed by atoms with Crippen molar-refractivity contribution < 1.29 is 4.74 Å². The van der Waals surface area contributed by atoms with E-state index in [2.05, 4.69) is 50.2 Å². The summed E-state index contributed by atoms with van der Waals surface area (Å²) in [4.78, 5) is 0. The van der Waals surface area contributed by atoms with Crippen LogP contribution in [0.2, 0.25) is 0 Å². The molecule has 0 radical (unpaired) electrons. The Kier molecular flexibility index (Phi) is 1.79. The predicted octanol–water partition coefficient (Wildman–Crippen LogP) is 3.54. The van der Waals surface area contributed by atoms with E-state index >= 15 is 0 Å². The number of ether oxygens (including phenoxy) is 1. The van der Waals surface area contributed by atoms with E-state index in [1.807, 2.05) is 0 Å². The summed E-state index contributed by atoms with van der Waals surface area (Å²) < 4.78 is 5.89. The predicted molar refractivity (Wildman–Crippen MR) is 72.3 cm³/mol. The molecule has 18 heavy (non-hydrogen) atoms. The Hall–Kier alpha value is -1.76. The lowest BCUT2D eigenvalue weighted by molar-refractivity contribution is 0.272. The summed E-state index contributed by atoms with van der Waals surface area (Å²) in [7, 11) is 0. The van der Waals surface area contributed by atoms with Gasteiger partial charge in [0.05, 0.1) is 5.41 Å². The van der Waals surface area contributed by atoms with Crippen LogP contribution in [0.1, 0.15) is 27.8 Å². The zero-order valence-corrected chi connectivity index (χ0v) is 10.8. The average Bonchev–Trinajstić information content (AvgIpc) is 2.74. The molecule has 4 rings (SSSR count). The molecule has 0 N–H and O–H groups in total. The Morgan fingerprint density at radius 3 is 2.78 bits per heavy atom. The first-order valence-electron chi connectivity index (χ1n) is 6.54. The van der Waals surface area contributed by atoms with Crippen LogP contribution >= 0.6 is 0 Å². The lowest BCUT2D eigenvalue weighted by Crippen LogP contribution is -2.42. The monoisotopic (exact) mass is 236 g/mol. The van der Waals surface area contributed by atoms with Crippen LogP contribution in [0.25, 0.3) is 0 Å². The third-order valence-electron chi connectivity index (χ3n) is 4.49. The van der Waals surface area contributed by atoms with Crippen LogP contribution in [-0.4, -0.2) is 6.61 Å². The van der Waals surface area contributed by atoms with Crippen LogP contribution in [0.5, 0.6) is 5.75 Å². The van der Waals surface area contributed by atoms with Gasteiger partial charge in [-0.15, -0.1) is 0 Å². The largest absolute Gasteiger partial charge is 0.492 e. The van der Waals surface area contributed by atoms with Crippen LogP contribution in [0, 0.1) is 13.8 Å². The second kappa shape index (κ2) is 3.17. The van der Waals surface area contributed by atoms with E-state index < -0.39 is 0 Å². The van der Waals surface area contributed by atoms with Crippen molar-refractivity contribution in [2.24, 2.45) is 0 Å². The lowest BCUT2D eigenvalue weighted by Gasteiger charge is -2.41. The summed E-state index contributed by atoms with van der Waals surface area (Å²) >= 11 is 0. The number of benzene rings is 2. The molecule has 1 atom stereocenters. The first-order chi connectivity index (χ1) is 8.71. The summed E-state index contributed by atoms with van der Waals surface area (Å²) in [5.74, 6) is 1.07. The number of rotatable bonds is 0. The van der Waals surface area contributed by atoms with E-state index in [9.17, 15) is 0 Å². The minimum Gasteiger partial charge on any atom is -0.492 e. The van der Waals surface area contributed by atoms with Gasteiger partial charge in [0.25, 0.3) is 0 Å². The second-order valence-electron chi connectivity index (χ2n) is 5.65. The zero-order chi connectivity index (χ0) is 12.3. The molecule has 1 aliphatic heterocycles. The van der Waals surface area contributed by atoms with Gasteiger partial charge in [-0.25, -0.2) is 0 Å². The standard InChI is InChI=1S/C17H16O/c1-11-7-12(2)13-9-17(15(13)8-11)10-18-16-6-4-3-5-14(16)17/h3-8H,9-10H2,1-2H3/t17-/m1/s1. The molecule has 0 fully saturated rings. The van der Waals surface area contributed by atoms with E-state index in [-0.39, 0.29) is 5.41 Å². The smallest absolute Gasteiger partial charge is 0.123 e. The second-order valence-corrected chi connectivity index (χ2v) is 5.65. The van der Waals surface area contributed by atoms with E-state index in [1.165, 1.54) is 27.8 Å². The van der Waals surface area contributed by atoms with Gasteiger partial charge < -0.3 is 4.74 Å². The number of hydrogen-bond acceptors (Lipinski definition) is 1. The number of fused-ring (bicyclic) bond motifs is 4. The Bertz CT molecular complexity index is 657. The first kappa shape index (κ1) is 10.2. The fourth-order valence-corrected chi connectivity index (χ4v) is 3.59. The summed E-state index contributed by atoms with van der Waals surface area (Å²) in [6.07, 6.45) is 1.13. The van der Waals surface area contributed by atoms with Crippen LogP contribution in [0.15, 0.2) is 36.4 Å². The maximum absolute atomic E-state index is 5.89. The highest BCUT2D eigenvalue weighted by Crippen LogP contribution is 2.53. The molecule has 1 heteroatoms. The highest BCUT2D eigenvalue weighted by Gasteiger charge is 2.50. The van der Waals surface area contributed by atoms with Gasteiger partial charge in [-0.1, -0.05) is 35.9 Å². The van der Waals surface area contributed by atoms with E-state index in [1.54, 1.807) is 0 Å². The molecular weight excluding hydrogens is 220 g/mol. The molecule has 1 heterocycles. The Labute approximate surface area is 107 Å². The van der Waals surface area contributed by atoms with Crippen molar-refractivity contribution in [2.75, 3.05) is 6.61 Å². The molecule has 1 spiro atoms. The fourth-order valence-electron chi connectivity index (χ4n) is 3.59. The molecule has 90 valence electrons. The van der Waals surface area contributed by atoms with Crippen LogP contribution in [0.3, 0.4) is 0 Å². The van der Waals surface area contributed by atoms with E-state index in [0.29, 0.717) is 0 Å². The van der Waals surface area contributed by atoms with Gasteiger partial charge >= 0.3 is 0 Å². The Morgan fingerprint density at radius 2 is 1.89 bits per heavy atom. The molecule has 2 aromatic rings. The quantitative estimate of drug-likeness (QED) is 0.680. The molecule has 2 aliphatic rings. The van der Waals surface area contributed by atoms with Gasteiger partial charge in [0.2, 0.25) is 0 Å². The van der Waals surface area contributed by atoms with Crippen molar-refractivity contribution in [1.29, 1.82) is 0 Å². The van der Waals surface area contributed by atoms with Gasteiger partial charge in [-0.3, -0.25) is 0 Å². The average molecular weight is 236 g/mol. The van der Waals surface area contributed by atoms with Crippen molar-refractivity contribution in [2.45, 2.75) is 25.7 Å². The SMILES string of the molecule is Cc1cc(C)c2c(c1)[C@@]1(COc3ccccc31)C2. The van der Waals surface area contributed by atoms with Crippen molar-refractivity contribution in [3.8, 4) is 5.75 Å². The van der Waals surface area contributed by atoms with E-state index in [4.69, 9.17) is 4.74 Å². The maximum atomic E-state index is 5.89. The molecule has 1 aliphatic carbocycles. The van der Waals surface area contributed by atoms with Crippen LogP contribution < -0.4 is 4.74 Å². The minimum absolute atomic E-state index is 0.142. The molecule has 0 unspecified atom stereocenters. The number of aryl methyl sites for hydroxylation is 2. The molecule has 1 nitrogen and oxygen atoms in total. The Balaban J connectivity index is 1.95. The van der Waals surface area contributed by atoms with E-state index in [0.717, 1.165) is 18.8 Å². The zero-order valence-electron chi connectivity index (χ0n) is 10.8. The van der Waals surface area contributed by atoms with Gasteiger partial charge in [0.15, 0.2) is 0 Å². The molecule has 0 amide bonds. The molecular formula is C17H16O. The van der Waals surface area contributed by atoms with Crippen molar-refractivity contribution in [1.82, 2.24) is 0 Å². The lowest BCUT2D eigenvalue weighted by atomic mass is 9.60. The number of hydrogen-bond donors (Lipinski definition) is 0. The summed E-state index contributed by atoms with van der Waals surface area (Å²) in [5, 5.41) is 0. The van der Waals surface area contributed by atoms with Crippen molar-refractivity contribution in [3.05, 3.63) is 64.2 Å². The first-order valence-corrected chi connectivity index (χ1v) is 6.54. The highest BCUT2D eigenvalue weighted by molar-refractivity contribution is 5.62. The molecule has 2 aromatic carbocycles. The summed E-state index contributed by atoms with van der Waals surface area (Å²) in [6, 6.07) is 13.1. The van der Waals surface area contributed by atoms with Gasteiger partial charge in [0.1, 0.15) is 12.4 Å². The molecule has 0 aromatic heterocycles. The van der Waals surface area contributed by atoms with Gasteiger partial charge in [-0.05, 0) is 43.0 Å². The van der Waals surface area contributed by atoms with Gasteiger partial charge in [-0.2, -0.15) is 0 Å². The summed E-state index contributed by atoms with van der Waals surface area (Å²) in [6.45, 7) is 5.21. The Morgan fingerprint density at radius 1 is 1.06 bits per heavy atom. The third-order valence-corrected chi connectivity index (χ3v) is 4.49. The molecule has 0 saturated carbocycles. The maximum Gasteiger partial charge on any atom is 0.123 e. The van der Waals surface area contributed by atoms with Gasteiger partial charge in [0, 0.05) is 5.56 Å². The van der Waals surface area contributed by atoms with Crippen molar-refractivity contribution >= 4 is 0 Å². The number of para-hydroxylation sites is 1. The fraction of sp³-hybridized carbons (Fsp3) is 0.294. The van der Waals surface area contributed by atoms with Crippen LogP contribution in [0.4, 0.5) is 0 Å². The van der Waals surface area contributed by atoms with Crippen molar-refractivity contribution in [3.63, 3.8) is 0 Å². The van der Waals surface area contributed by atoms with Crippen LogP contribution in [-0.2, 0) is 11.8 Å². The minimum atomic E-state index is 0.142. The normalized spacial score (nSPS) is 23.2. The highest BCUT2D eigenvalue weighted by atomic mass is 16.5. The molecule has 0 bridgehead atoms. The topological polar surface area (TPSA) is 9.23 Å². The third kappa shape index (κ3) is 1.07.